The fourth-order valence-electron chi connectivity index (χ4n) is 3.57. The van der Waals surface area contributed by atoms with Crippen molar-refractivity contribution in [1.82, 2.24) is 5.32 Å². The molecule has 5 heteroatoms. The Morgan fingerprint density at radius 3 is 2.67 bits per heavy atom. The molecule has 2 aliphatic rings. The van der Waals surface area contributed by atoms with Crippen LogP contribution in [-0.4, -0.2) is 25.1 Å². The molecule has 4 nitrogen and oxygen atoms in total. The van der Waals surface area contributed by atoms with Crippen LogP contribution in [0.5, 0.6) is 5.75 Å². The van der Waals surface area contributed by atoms with Crippen molar-refractivity contribution in [2.45, 2.75) is 57.5 Å². The summed E-state index contributed by atoms with van der Waals surface area (Å²) in [5.41, 5.74) is 0.843. The molecule has 1 heterocycles. The number of carbonyl (C=O) groups is 1. The zero-order valence-corrected chi connectivity index (χ0v) is 15.1. The van der Waals surface area contributed by atoms with E-state index in [1.165, 1.54) is 25.7 Å². The van der Waals surface area contributed by atoms with E-state index in [2.05, 4.69) is 10.6 Å². The summed E-state index contributed by atoms with van der Waals surface area (Å²) in [6.45, 7) is 2.18. The van der Waals surface area contributed by atoms with Gasteiger partial charge in [0.1, 0.15) is 5.75 Å². The lowest BCUT2D eigenvalue weighted by molar-refractivity contribution is -0.116. The standard InChI is InChI=1S/C19H28N2O2.ClH/c22-19(9-8-15-10-12-20-13-11-15)21-16-4-3-7-18(14-16)23-17-5-1-2-6-17;/h3-4,7,14-15,17,20H,1-2,5-6,8-13H2,(H,21,22);1H. The molecule has 0 radical (unpaired) electrons. The van der Waals surface area contributed by atoms with Gasteiger partial charge < -0.3 is 15.4 Å². The number of anilines is 1. The van der Waals surface area contributed by atoms with Crippen LogP contribution in [-0.2, 0) is 4.79 Å². The molecule has 0 bridgehead atoms. The Hall–Kier alpha value is -1.26. The monoisotopic (exact) mass is 352 g/mol. The number of ether oxygens (including phenoxy) is 1. The predicted molar refractivity (Wildman–Crippen MR) is 100 cm³/mol. The van der Waals surface area contributed by atoms with Crippen LogP contribution in [0, 0.1) is 5.92 Å². The first-order valence-electron chi connectivity index (χ1n) is 9.07. The lowest BCUT2D eigenvalue weighted by Gasteiger charge is -2.22. The quantitative estimate of drug-likeness (QED) is 0.808. The molecular formula is C19H29ClN2O2. The molecule has 0 aromatic heterocycles. The third kappa shape index (κ3) is 5.99. The predicted octanol–water partition coefficient (Wildman–Crippen LogP) is 4.15. The van der Waals surface area contributed by atoms with Crippen LogP contribution >= 0.6 is 12.4 Å². The van der Waals surface area contributed by atoms with Crippen LogP contribution < -0.4 is 15.4 Å². The Labute approximate surface area is 151 Å². The summed E-state index contributed by atoms with van der Waals surface area (Å²) in [5, 5.41) is 6.38. The van der Waals surface area contributed by atoms with Crippen LogP contribution in [0.15, 0.2) is 24.3 Å². The van der Waals surface area contributed by atoms with E-state index in [4.69, 9.17) is 4.74 Å². The van der Waals surface area contributed by atoms with Crippen LogP contribution in [0.4, 0.5) is 5.69 Å². The number of carbonyl (C=O) groups excluding carboxylic acids is 1. The normalized spacial score (nSPS) is 18.8. The molecular weight excluding hydrogens is 324 g/mol. The van der Waals surface area contributed by atoms with Crippen molar-refractivity contribution in [2.75, 3.05) is 18.4 Å². The first-order valence-corrected chi connectivity index (χ1v) is 9.07. The third-order valence-corrected chi connectivity index (χ3v) is 4.96. The van der Waals surface area contributed by atoms with Crippen molar-refractivity contribution in [3.63, 3.8) is 0 Å². The van der Waals surface area contributed by atoms with Crippen molar-refractivity contribution < 1.29 is 9.53 Å². The van der Waals surface area contributed by atoms with Crippen LogP contribution in [0.1, 0.15) is 51.4 Å². The van der Waals surface area contributed by atoms with Gasteiger partial charge >= 0.3 is 0 Å². The van der Waals surface area contributed by atoms with Crippen molar-refractivity contribution in [1.29, 1.82) is 0 Å². The first kappa shape index (κ1) is 19.1. The van der Waals surface area contributed by atoms with E-state index in [1.807, 2.05) is 24.3 Å². The van der Waals surface area contributed by atoms with E-state index in [0.717, 1.165) is 43.8 Å². The Bertz CT molecular complexity index is 512. The molecule has 2 fully saturated rings. The topological polar surface area (TPSA) is 50.4 Å². The summed E-state index contributed by atoms with van der Waals surface area (Å²) in [6, 6.07) is 7.81. The first-order chi connectivity index (χ1) is 11.3. The van der Waals surface area contributed by atoms with Crippen LogP contribution in [0.25, 0.3) is 0 Å². The number of benzene rings is 1. The molecule has 1 aromatic carbocycles. The number of rotatable bonds is 6. The largest absolute Gasteiger partial charge is 0.490 e. The van der Waals surface area contributed by atoms with Gasteiger partial charge in [0, 0.05) is 18.2 Å². The molecule has 134 valence electrons. The lowest BCUT2D eigenvalue weighted by Crippen LogP contribution is -2.28. The highest BCUT2D eigenvalue weighted by Crippen LogP contribution is 2.26. The minimum atomic E-state index is 0. The fraction of sp³-hybridized carbons (Fsp3) is 0.632. The molecule has 0 unspecified atom stereocenters. The second-order valence-corrected chi connectivity index (χ2v) is 6.83. The summed E-state index contributed by atoms with van der Waals surface area (Å²) >= 11 is 0. The number of halogens is 1. The SMILES string of the molecule is Cl.O=C(CCC1CCNCC1)Nc1cccc(OC2CCCC2)c1. The molecule has 3 rings (SSSR count). The molecule has 1 aromatic rings. The average Bonchev–Trinajstić information content (AvgIpc) is 3.07. The van der Waals surface area contributed by atoms with E-state index in [1.54, 1.807) is 0 Å². The number of hydrogen-bond donors (Lipinski definition) is 2. The Morgan fingerprint density at radius 1 is 1.17 bits per heavy atom. The van der Waals surface area contributed by atoms with Gasteiger partial charge in [0.2, 0.25) is 5.91 Å². The molecule has 1 amide bonds. The summed E-state index contributed by atoms with van der Waals surface area (Å²) in [4.78, 5) is 12.1. The van der Waals surface area contributed by atoms with Gasteiger partial charge in [-0.1, -0.05) is 6.07 Å². The van der Waals surface area contributed by atoms with Crippen molar-refractivity contribution in [2.24, 2.45) is 5.92 Å². The second kappa shape index (κ2) is 9.90. The van der Waals surface area contributed by atoms with Gasteiger partial charge in [0.15, 0.2) is 0 Å². The summed E-state index contributed by atoms with van der Waals surface area (Å²) in [6.07, 6.45) is 9.15. The van der Waals surface area contributed by atoms with Crippen molar-refractivity contribution >= 4 is 24.0 Å². The molecule has 2 N–H and O–H groups in total. The molecule has 1 saturated heterocycles. The van der Waals surface area contributed by atoms with Gasteiger partial charge in [0.25, 0.3) is 0 Å². The maximum Gasteiger partial charge on any atom is 0.224 e. The van der Waals surface area contributed by atoms with Gasteiger partial charge in [-0.15, -0.1) is 12.4 Å². The zero-order valence-electron chi connectivity index (χ0n) is 14.3. The van der Waals surface area contributed by atoms with Crippen molar-refractivity contribution in [3.05, 3.63) is 24.3 Å². The van der Waals surface area contributed by atoms with Gasteiger partial charge in [-0.2, -0.15) is 0 Å². The third-order valence-electron chi connectivity index (χ3n) is 4.96. The highest BCUT2D eigenvalue weighted by molar-refractivity contribution is 5.90. The van der Waals surface area contributed by atoms with Crippen molar-refractivity contribution in [3.8, 4) is 5.75 Å². The maximum absolute atomic E-state index is 12.1. The molecule has 24 heavy (non-hydrogen) atoms. The van der Waals surface area contributed by atoms with Crippen LogP contribution in [0.3, 0.4) is 0 Å². The van der Waals surface area contributed by atoms with Gasteiger partial charge in [-0.25, -0.2) is 0 Å². The fourth-order valence-corrected chi connectivity index (χ4v) is 3.57. The highest BCUT2D eigenvalue weighted by atomic mass is 35.5. The molecule has 0 atom stereocenters. The van der Waals surface area contributed by atoms with E-state index >= 15 is 0 Å². The van der Waals surface area contributed by atoms with Gasteiger partial charge in [-0.3, -0.25) is 4.79 Å². The number of amides is 1. The Balaban J connectivity index is 0.00000208. The van der Waals surface area contributed by atoms with E-state index in [9.17, 15) is 4.79 Å². The zero-order chi connectivity index (χ0) is 15.9. The average molecular weight is 353 g/mol. The smallest absolute Gasteiger partial charge is 0.224 e. The summed E-state index contributed by atoms with van der Waals surface area (Å²) < 4.78 is 5.99. The summed E-state index contributed by atoms with van der Waals surface area (Å²) in [5.74, 6) is 1.67. The highest BCUT2D eigenvalue weighted by Gasteiger charge is 2.17. The lowest BCUT2D eigenvalue weighted by atomic mass is 9.93. The number of nitrogens with one attached hydrogen (secondary N) is 2. The number of piperidine rings is 1. The second-order valence-electron chi connectivity index (χ2n) is 6.83. The van der Waals surface area contributed by atoms with E-state index in [-0.39, 0.29) is 18.3 Å². The Kier molecular flexibility index (Phi) is 7.86. The van der Waals surface area contributed by atoms with E-state index < -0.39 is 0 Å². The van der Waals surface area contributed by atoms with Crippen LogP contribution in [0.2, 0.25) is 0 Å². The molecule has 1 saturated carbocycles. The maximum atomic E-state index is 12.1. The molecule has 0 spiro atoms. The van der Waals surface area contributed by atoms with Gasteiger partial charge in [0.05, 0.1) is 6.10 Å². The molecule has 1 aliphatic heterocycles. The molecule has 1 aliphatic carbocycles. The summed E-state index contributed by atoms with van der Waals surface area (Å²) in [7, 11) is 0. The number of hydrogen-bond acceptors (Lipinski definition) is 3. The van der Waals surface area contributed by atoms with E-state index in [0.29, 0.717) is 18.4 Å². The Morgan fingerprint density at radius 2 is 1.92 bits per heavy atom. The van der Waals surface area contributed by atoms with Gasteiger partial charge in [-0.05, 0) is 76.1 Å². The minimum Gasteiger partial charge on any atom is -0.490 e. The minimum absolute atomic E-state index is 0.